The lowest BCUT2D eigenvalue weighted by molar-refractivity contribution is -0.139. The molecule has 5 rings (SSSR count). The zero-order valence-corrected chi connectivity index (χ0v) is 29.0. The molecule has 3 heterocycles. The first-order chi connectivity index (χ1) is 22.7. The Labute approximate surface area is 287 Å². The van der Waals surface area contributed by atoms with Crippen LogP contribution in [0.1, 0.15) is 52.4 Å². The van der Waals surface area contributed by atoms with Crippen LogP contribution in [0.5, 0.6) is 5.75 Å². The van der Waals surface area contributed by atoms with E-state index in [9.17, 15) is 19.5 Å². The van der Waals surface area contributed by atoms with Gasteiger partial charge < -0.3 is 24.5 Å². The molecular formula is C37H46ClN3O5S. The summed E-state index contributed by atoms with van der Waals surface area (Å²) >= 11 is 8.29. The van der Waals surface area contributed by atoms with Crippen molar-refractivity contribution < 1.29 is 24.2 Å². The predicted octanol–water partition coefficient (Wildman–Crippen LogP) is 6.51. The second-order valence-corrected chi connectivity index (χ2v) is 15.1. The molecule has 3 aliphatic rings. The number of thioether (sulfide) groups is 1. The molecule has 2 bridgehead atoms. The summed E-state index contributed by atoms with van der Waals surface area (Å²) in [6.45, 7) is 13.4. The number of hydrogen-bond donors (Lipinski definition) is 1. The molecule has 8 nitrogen and oxygen atoms in total. The van der Waals surface area contributed by atoms with Crippen molar-refractivity contribution in [2.45, 2.75) is 67.9 Å². The van der Waals surface area contributed by atoms with E-state index in [1.807, 2.05) is 49.4 Å². The molecule has 0 radical (unpaired) electrons. The molecule has 3 fully saturated rings. The van der Waals surface area contributed by atoms with E-state index in [1.54, 1.807) is 44.7 Å². The number of benzene rings is 2. The molecule has 3 aliphatic heterocycles. The van der Waals surface area contributed by atoms with Gasteiger partial charge >= 0.3 is 0 Å². The van der Waals surface area contributed by atoms with Crippen molar-refractivity contribution in [2.75, 3.05) is 42.6 Å². The van der Waals surface area contributed by atoms with Gasteiger partial charge in [-0.15, -0.1) is 24.9 Å². The van der Waals surface area contributed by atoms with Crippen LogP contribution in [-0.2, 0) is 14.4 Å². The Bertz CT molecular complexity index is 1490. The van der Waals surface area contributed by atoms with Gasteiger partial charge in [0.05, 0.1) is 33.9 Å². The lowest BCUT2D eigenvalue weighted by Gasteiger charge is -2.38. The number of fused-ring (bicyclic) bond motifs is 1. The molecule has 2 aromatic rings. The lowest BCUT2D eigenvalue weighted by Crippen LogP contribution is -2.55. The minimum absolute atomic E-state index is 0.123. The van der Waals surface area contributed by atoms with E-state index in [0.717, 1.165) is 12.8 Å². The average Bonchev–Trinajstić information content (AvgIpc) is 3.63. The van der Waals surface area contributed by atoms with Gasteiger partial charge in [-0.05, 0) is 75.9 Å². The first-order valence-electron chi connectivity index (χ1n) is 16.6. The van der Waals surface area contributed by atoms with Crippen molar-refractivity contribution in [1.29, 1.82) is 0 Å². The molecule has 2 unspecified atom stereocenters. The van der Waals surface area contributed by atoms with Gasteiger partial charge in [0.25, 0.3) is 5.91 Å². The fourth-order valence-electron chi connectivity index (χ4n) is 7.83. The van der Waals surface area contributed by atoms with Gasteiger partial charge in [-0.3, -0.25) is 14.4 Å². The molecule has 1 spiro atoms. The molecule has 10 heteroatoms. The van der Waals surface area contributed by atoms with E-state index in [2.05, 4.69) is 20.1 Å². The number of anilines is 2. The highest BCUT2D eigenvalue weighted by atomic mass is 35.5. The van der Waals surface area contributed by atoms with E-state index in [-0.39, 0.29) is 37.4 Å². The maximum absolute atomic E-state index is 14.9. The average molecular weight is 680 g/mol. The Hall–Kier alpha value is -3.27. The molecule has 0 aromatic heterocycles. The SMILES string of the molecule is C=CCN(C(=O)[C@H]1[C@H]2C(=O)N(CCCCCCO)C(C(=O)N(CC=C)c3ccccc3Cl)C23CC[C@]1(C)S3)c1ccc(OCC)cc1. The number of carbonyl (C=O) groups excluding carboxylic acids is 3. The monoisotopic (exact) mass is 679 g/mol. The molecule has 2 aromatic carbocycles. The number of nitrogens with zero attached hydrogens (tertiary/aromatic N) is 3. The number of carbonyl (C=O) groups is 3. The summed E-state index contributed by atoms with van der Waals surface area (Å²) in [6.07, 6.45) is 7.78. The van der Waals surface area contributed by atoms with Crippen LogP contribution in [-0.4, -0.2) is 76.1 Å². The van der Waals surface area contributed by atoms with Crippen LogP contribution in [0.2, 0.25) is 5.02 Å². The topological polar surface area (TPSA) is 90.4 Å². The zero-order valence-electron chi connectivity index (χ0n) is 27.4. The highest BCUT2D eigenvalue weighted by Gasteiger charge is 2.77. The van der Waals surface area contributed by atoms with Crippen LogP contribution < -0.4 is 14.5 Å². The van der Waals surface area contributed by atoms with Crippen molar-refractivity contribution in [3.63, 3.8) is 0 Å². The van der Waals surface area contributed by atoms with Crippen molar-refractivity contribution >= 4 is 52.5 Å². The van der Waals surface area contributed by atoms with Crippen molar-refractivity contribution in [3.05, 3.63) is 78.9 Å². The number of likely N-dealkylation sites (tertiary alicyclic amines) is 1. The Morgan fingerprint density at radius 3 is 2.36 bits per heavy atom. The lowest BCUT2D eigenvalue weighted by atomic mass is 9.66. The molecule has 3 amide bonds. The number of aliphatic hydroxyl groups is 1. The third-order valence-electron chi connectivity index (χ3n) is 9.84. The minimum Gasteiger partial charge on any atom is -0.494 e. The smallest absolute Gasteiger partial charge is 0.251 e. The third kappa shape index (κ3) is 6.46. The highest BCUT2D eigenvalue weighted by molar-refractivity contribution is 8.02. The van der Waals surface area contributed by atoms with Crippen LogP contribution in [0, 0.1) is 11.8 Å². The van der Waals surface area contributed by atoms with Crippen LogP contribution >= 0.6 is 23.4 Å². The molecule has 5 atom stereocenters. The maximum atomic E-state index is 14.9. The number of para-hydroxylation sites is 1. The molecule has 47 heavy (non-hydrogen) atoms. The Morgan fingerprint density at radius 2 is 1.70 bits per heavy atom. The number of halogens is 1. The molecular weight excluding hydrogens is 634 g/mol. The number of rotatable bonds is 16. The van der Waals surface area contributed by atoms with Gasteiger partial charge in [0.2, 0.25) is 11.8 Å². The molecule has 1 N–H and O–H groups in total. The van der Waals surface area contributed by atoms with Crippen molar-refractivity contribution in [1.82, 2.24) is 4.90 Å². The summed E-state index contributed by atoms with van der Waals surface area (Å²) in [5.74, 6) is -1.03. The molecule has 0 aliphatic carbocycles. The Kier molecular flexibility index (Phi) is 11.1. The van der Waals surface area contributed by atoms with E-state index in [4.69, 9.17) is 16.3 Å². The van der Waals surface area contributed by atoms with Gasteiger partial charge in [-0.1, -0.05) is 48.7 Å². The molecule has 0 saturated carbocycles. The van der Waals surface area contributed by atoms with Gasteiger partial charge in [0.15, 0.2) is 0 Å². The largest absolute Gasteiger partial charge is 0.494 e. The van der Waals surface area contributed by atoms with E-state index in [1.165, 1.54) is 0 Å². The van der Waals surface area contributed by atoms with E-state index in [0.29, 0.717) is 61.0 Å². The number of unbranched alkanes of at least 4 members (excludes halogenated alkanes) is 3. The quantitative estimate of drug-likeness (QED) is 0.161. The number of hydrogen-bond acceptors (Lipinski definition) is 6. The van der Waals surface area contributed by atoms with Gasteiger partial charge in [0.1, 0.15) is 11.8 Å². The highest BCUT2D eigenvalue weighted by Crippen LogP contribution is 2.71. The van der Waals surface area contributed by atoms with E-state index >= 15 is 0 Å². The maximum Gasteiger partial charge on any atom is 0.251 e. The van der Waals surface area contributed by atoms with Crippen LogP contribution in [0.15, 0.2) is 73.8 Å². The second kappa shape index (κ2) is 14.9. The summed E-state index contributed by atoms with van der Waals surface area (Å²) in [5, 5.41) is 9.72. The van der Waals surface area contributed by atoms with Crippen molar-refractivity contribution in [3.8, 4) is 5.75 Å². The first kappa shape index (κ1) is 35.0. The number of aliphatic hydroxyl groups excluding tert-OH is 1. The van der Waals surface area contributed by atoms with Gasteiger partial charge in [-0.2, -0.15) is 0 Å². The summed E-state index contributed by atoms with van der Waals surface area (Å²) in [7, 11) is 0. The normalized spacial score (nSPS) is 25.8. The first-order valence-corrected chi connectivity index (χ1v) is 17.8. The van der Waals surface area contributed by atoms with Crippen LogP contribution in [0.25, 0.3) is 0 Å². The summed E-state index contributed by atoms with van der Waals surface area (Å²) < 4.78 is 4.33. The standard InChI is InChI=1S/C37H46ClN3O5S/c1-5-22-39(26-16-18-27(19-17-26)46-7-3)33(43)30-31-34(44)41(24-12-8-9-13-25-42)32(37(31)21-20-36(30,4)47-37)35(45)40(23-6-2)29-15-11-10-14-28(29)38/h5-6,10-11,14-19,30-32,42H,1-2,7-9,12-13,20-25H2,3-4H3/t30-,31+,32?,36+,37?/m1/s1. The number of amides is 3. The van der Waals surface area contributed by atoms with Gasteiger partial charge in [-0.25, -0.2) is 0 Å². The fourth-order valence-corrected chi connectivity index (χ4v) is 10.4. The zero-order chi connectivity index (χ0) is 33.8. The Morgan fingerprint density at radius 1 is 1.02 bits per heavy atom. The van der Waals surface area contributed by atoms with Gasteiger partial charge in [0, 0.05) is 36.7 Å². The Balaban J connectivity index is 1.55. The number of ether oxygens (including phenoxy) is 1. The van der Waals surface area contributed by atoms with Crippen molar-refractivity contribution in [2.24, 2.45) is 11.8 Å². The summed E-state index contributed by atoms with van der Waals surface area (Å²) in [6, 6.07) is 13.9. The second-order valence-electron chi connectivity index (χ2n) is 12.8. The summed E-state index contributed by atoms with van der Waals surface area (Å²) in [4.78, 5) is 49.5. The minimum atomic E-state index is -0.770. The molecule has 252 valence electrons. The van der Waals surface area contributed by atoms with E-state index < -0.39 is 27.4 Å². The van der Waals surface area contributed by atoms with Crippen LogP contribution in [0.4, 0.5) is 11.4 Å². The summed E-state index contributed by atoms with van der Waals surface area (Å²) in [5.41, 5.74) is 1.27. The molecule has 3 saturated heterocycles. The predicted molar refractivity (Wildman–Crippen MR) is 190 cm³/mol. The van der Waals surface area contributed by atoms with Crippen LogP contribution in [0.3, 0.4) is 0 Å². The third-order valence-corrected chi connectivity index (χ3v) is 12.1. The fraction of sp³-hybridized carbons (Fsp3) is 0.486.